The predicted octanol–water partition coefficient (Wildman–Crippen LogP) is 7.05. The lowest BCUT2D eigenvalue weighted by molar-refractivity contribution is 0.101. The standard InChI is InChI=1S/C23H32F2O/c1-3-4-16-5-7-17(8-6-16)18-9-11-19(12-10-18)21-14-13-20(15(2)26)22(24)23(21)25/h13-14,16-19H,3-12H2,1-2H3/t16-,17-,18-,19-. The zero-order valence-corrected chi connectivity index (χ0v) is 16.2. The first-order chi connectivity index (χ1) is 12.5. The lowest BCUT2D eigenvalue weighted by atomic mass is 9.68. The van der Waals surface area contributed by atoms with Crippen LogP contribution in [0, 0.1) is 29.4 Å². The molecule has 0 bridgehead atoms. The zero-order valence-electron chi connectivity index (χ0n) is 16.2. The minimum atomic E-state index is -0.966. The summed E-state index contributed by atoms with van der Waals surface area (Å²) in [5, 5.41) is 0. The van der Waals surface area contributed by atoms with Crippen LogP contribution in [-0.2, 0) is 0 Å². The molecular formula is C23H32F2O. The van der Waals surface area contributed by atoms with Gasteiger partial charge in [0.25, 0.3) is 0 Å². The number of hydrogen-bond donors (Lipinski definition) is 0. The Morgan fingerprint density at radius 3 is 2.04 bits per heavy atom. The Kier molecular flexibility index (Phi) is 6.47. The third kappa shape index (κ3) is 4.18. The molecule has 1 nitrogen and oxygen atoms in total. The molecule has 3 heteroatoms. The van der Waals surface area contributed by atoms with Gasteiger partial charge in [-0.1, -0.05) is 38.7 Å². The van der Waals surface area contributed by atoms with Crippen molar-refractivity contribution >= 4 is 5.78 Å². The molecule has 0 unspecified atom stereocenters. The fourth-order valence-electron chi connectivity index (χ4n) is 5.41. The Hall–Kier alpha value is -1.25. The highest BCUT2D eigenvalue weighted by molar-refractivity contribution is 5.94. The summed E-state index contributed by atoms with van der Waals surface area (Å²) in [6.45, 7) is 3.55. The summed E-state index contributed by atoms with van der Waals surface area (Å²) in [6, 6.07) is 3.09. The molecule has 144 valence electrons. The van der Waals surface area contributed by atoms with Crippen molar-refractivity contribution in [3.05, 3.63) is 34.9 Å². The Bertz CT molecular complexity index is 623. The molecular weight excluding hydrogens is 330 g/mol. The van der Waals surface area contributed by atoms with E-state index in [0.717, 1.165) is 43.4 Å². The van der Waals surface area contributed by atoms with E-state index < -0.39 is 17.4 Å². The molecule has 2 aliphatic carbocycles. The molecule has 0 N–H and O–H groups in total. The van der Waals surface area contributed by atoms with Gasteiger partial charge in [-0.15, -0.1) is 0 Å². The second-order valence-corrected chi connectivity index (χ2v) is 8.57. The van der Waals surface area contributed by atoms with Gasteiger partial charge in [0.1, 0.15) is 0 Å². The summed E-state index contributed by atoms with van der Waals surface area (Å²) in [6.07, 6.45) is 12.3. The molecule has 1 aromatic carbocycles. The quantitative estimate of drug-likeness (QED) is 0.513. The van der Waals surface area contributed by atoms with Gasteiger partial charge in [-0.25, -0.2) is 8.78 Å². The van der Waals surface area contributed by atoms with Crippen molar-refractivity contribution in [1.82, 2.24) is 0 Å². The molecule has 0 saturated heterocycles. The fraction of sp³-hybridized carbons (Fsp3) is 0.696. The van der Waals surface area contributed by atoms with Crippen molar-refractivity contribution in [2.45, 2.75) is 84.0 Å². The van der Waals surface area contributed by atoms with E-state index in [4.69, 9.17) is 0 Å². The van der Waals surface area contributed by atoms with Crippen LogP contribution in [0.25, 0.3) is 0 Å². The van der Waals surface area contributed by atoms with Crippen molar-refractivity contribution in [3.63, 3.8) is 0 Å². The number of benzene rings is 1. The third-order valence-corrected chi connectivity index (χ3v) is 6.96. The van der Waals surface area contributed by atoms with Gasteiger partial charge in [0.15, 0.2) is 17.4 Å². The van der Waals surface area contributed by atoms with Crippen molar-refractivity contribution in [3.8, 4) is 0 Å². The van der Waals surface area contributed by atoms with Crippen LogP contribution in [0.4, 0.5) is 8.78 Å². The van der Waals surface area contributed by atoms with Gasteiger partial charge in [0, 0.05) is 0 Å². The maximum absolute atomic E-state index is 14.4. The summed E-state index contributed by atoms with van der Waals surface area (Å²) in [5.74, 6) is 0.439. The average Bonchev–Trinajstić information content (AvgIpc) is 2.65. The fourth-order valence-corrected chi connectivity index (χ4v) is 5.41. The highest BCUT2D eigenvalue weighted by Gasteiger charge is 2.32. The first-order valence-electron chi connectivity index (χ1n) is 10.5. The Morgan fingerprint density at radius 2 is 1.50 bits per heavy atom. The van der Waals surface area contributed by atoms with Crippen LogP contribution in [0.15, 0.2) is 12.1 Å². The van der Waals surface area contributed by atoms with Gasteiger partial charge >= 0.3 is 0 Å². The van der Waals surface area contributed by atoms with Crippen molar-refractivity contribution in [2.24, 2.45) is 17.8 Å². The van der Waals surface area contributed by atoms with Gasteiger partial charge in [0.2, 0.25) is 0 Å². The molecule has 0 aromatic heterocycles. The summed E-state index contributed by atoms with van der Waals surface area (Å²) in [4.78, 5) is 11.4. The Balaban J connectivity index is 1.58. The largest absolute Gasteiger partial charge is 0.294 e. The van der Waals surface area contributed by atoms with E-state index in [1.54, 1.807) is 6.07 Å². The predicted molar refractivity (Wildman–Crippen MR) is 101 cm³/mol. The van der Waals surface area contributed by atoms with Gasteiger partial charge in [-0.2, -0.15) is 0 Å². The van der Waals surface area contributed by atoms with E-state index in [-0.39, 0.29) is 11.5 Å². The average molecular weight is 363 g/mol. The van der Waals surface area contributed by atoms with Crippen LogP contribution in [0.3, 0.4) is 0 Å². The second-order valence-electron chi connectivity index (χ2n) is 8.57. The van der Waals surface area contributed by atoms with E-state index in [1.165, 1.54) is 51.5 Å². The lowest BCUT2D eigenvalue weighted by Gasteiger charge is -2.38. The highest BCUT2D eigenvalue weighted by Crippen LogP contribution is 2.45. The molecule has 0 heterocycles. The minimum absolute atomic E-state index is 0.0955. The SMILES string of the molecule is CCC[C@H]1CC[C@H]([C@H]2CC[C@H](c3ccc(C(C)=O)c(F)c3F)CC2)CC1. The van der Waals surface area contributed by atoms with Crippen LogP contribution in [-0.4, -0.2) is 5.78 Å². The molecule has 2 aliphatic rings. The first-order valence-corrected chi connectivity index (χ1v) is 10.5. The van der Waals surface area contributed by atoms with Gasteiger partial charge in [-0.05, 0) is 80.8 Å². The van der Waals surface area contributed by atoms with Gasteiger partial charge in [-0.3, -0.25) is 4.79 Å². The van der Waals surface area contributed by atoms with Crippen LogP contribution < -0.4 is 0 Å². The summed E-state index contributed by atoms with van der Waals surface area (Å²) in [7, 11) is 0. The second kappa shape index (κ2) is 8.63. The molecule has 3 rings (SSSR count). The molecule has 26 heavy (non-hydrogen) atoms. The zero-order chi connectivity index (χ0) is 18.7. The first kappa shape index (κ1) is 19.5. The van der Waals surface area contributed by atoms with E-state index in [1.807, 2.05) is 0 Å². The Labute approximate surface area is 156 Å². The van der Waals surface area contributed by atoms with Crippen LogP contribution in [0.2, 0.25) is 0 Å². The maximum atomic E-state index is 14.4. The topological polar surface area (TPSA) is 17.1 Å². The summed E-state index contributed by atoms with van der Waals surface area (Å²) < 4.78 is 28.6. The van der Waals surface area contributed by atoms with Crippen LogP contribution in [0.1, 0.15) is 99.9 Å². The van der Waals surface area contributed by atoms with E-state index >= 15 is 0 Å². The Morgan fingerprint density at radius 1 is 0.923 bits per heavy atom. The number of rotatable bonds is 5. The molecule has 2 saturated carbocycles. The van der Waals surface area contributed by atoms with Crippen molar-refractivity contribution in [1.29, 1.82) is 0 Å². The molecule has 0 spiro atoms. The molecule has 2 fully saturated rings. The molecule has 0 aliphatic heterocycles. The van der Waals surface area contributed by atoms with E-state index in [0.29, 0.717) is 5.56 Å². The van der Waals surface area contributed by atoms with Gasteiger partial charge in [0.05, 0.1) is 5.56 Å². The number of Topliss-reactive ketones (excluding diaryl/α,β-unsaturated/α-hetero) is 1. The summed E-state index contributed by atoms with van der Waals surface area (Å²) >= 11 is 0. The number of hydrogen-bond acceptors (Lipinski definition) is 1. The third-order valence-electron chi connectivity index (χ3n) is 6.96. The van der Waals surface area contributed by atoms with Crippen LogP contribution >= 0.6 is 0 Å². The van der Waals surface area contributed by atoms with Crippen molar-refractivity contribution in [2.75, 3.05) is 0 Å². The summed E-state index contributed by atoms with van der Waals surface area (Å²) in [5.41, 5.74) is 0.335. The molecule has 0 atom stereocenters. The number of halogens is 2. The molecule has 1 aromatic rings. The minimum Gasteiger partial charge on any atom is -0.294 e. The monoisotopic (exact) mass is 362 g/mol. The van der Waals surface area contributed by atoms with E-state index in [2.05, 4.69) is 6.92 Å². The number of ketones is 1. The van der Waals surface area contributed by atoms with Crippen molar-refractivity contribution < 1.29 is 13.6 Å². The van der Waals surface area contributed by atoms with Crippen LogP contribution in [0.5, 0.6) is 0 Å². The lowest BCUT2D eigenvalue weighted by Crippen LogP contribution is -2.25. The van der Waals surface area contributed by atoms with Gasteiger partial charge < -0.3 is 0 Å². The van der Waals surface area contributed by atoms with E-state index in [9.17, 15) is 13.6 Å². The number of carbonyl (C=O) groups excluding carboxylic acids is 1. The number of carbonyl (C=O) groups is 1. The normalized spacial score (nSPS) is 29.5. The molecule has 0 radical (unpaired) electrons. The maximum Gasteiger partial charge on any atom is 0.169 e. The molecule has 0 amide bonds. The highest BCUT2D eigenvalue weighted by atomic mass is 19.2. The smallest absolute Gasteiger partial charge is 0.169 e.